The summed E-state index contributed by atoms with van der Waals surface area (Å²) < 4.78 is 69.4. The molecule has 1 aromatic heterocycles. The van der Waals surface area contributed by atoms with Crippen molar-refractivity contribution in [2.45, 2.75) is 12.7 Å². The number of alkyl halides is 3. The van der Waals surface area contributed by atoms with Gasteiger partial charge < -0.3 is 14.7 Å². The number of rotatable bonds is 3. The van der Waals surface area contributed by atoms with Crippen molar-refractivity contribution in [3.8, 4) is 11.4 Å². The third-order valence-electron chi connectivity index (χ3n) is 3.11. The summed E-state index contributed by atoms with van der Waals surface area (Å²) in [6.45, 7) is -0.512. The Labute approximate surface area is 142 Å². The van der Waals surface area contributed by atoms with E-state index in [4.69, 9.17) is 0 Å². The lowest BCUT2D eigenvalue weighted by Gasteiger charge is -2.11. The van der Waals surface area contributed by atoms with Gasteiger partial charge in [-0.05, 0) is 6.07 Å². The van der Waals surface area contributed by atoms with Crippen molar-refractivity contribution >= 4 is 11.8 Å². The molecular formula is C14H11F5N4O3. The molecule has 2 amide bonds. The van der Waals surface area contributed by atoms with Crippen LogP contribution in [0.2, 0.25) is 0 Å². The molecule has 0 unspecified atom stereocenters. The first-order valence-electron chi connectivity index (χ1n) is 6.90. The van der Waals surface area contributed by atoms with Gasteiger partial charge in [-0.2, -0.15) is 18.2 Å². The quantitative estimate of drug-likeness (QED) is 0.649. The van der Waals surface area contributed by atoms with Crippen molar-refractivity contribution in [2.75, 3.05) is 14.1 Å². The molecule has 0 saturated heterocycles. The summed E-state index contributed by atoms with van der Waals surface area (Å²) in [5.41, 5.74) is -0.980. The van der Waals surface area contributed by atoms with Gasteiger partial charge in [0.15, 0.2) is 11.6 Å². The first kappa shape index (κ1) is 19.3. The summed E-state index contributed by atoms with van der Waals surface area (Å²) in [4.78, 5) is 26.8. The zero-order chi connectivity index (χ0) is 19.6. The number of amides is 2. The molecule has 2 rings (SSSR count). The maximum atomic E-state index is 14.1. The van der Waals surface area contributed by atoms with Crippen LogP contribution in [0.3, 0.4) is 0 Å². The van der Waals surface area contributed by atoms with Crippen LogP contribution < -0.4 is 5.32 Å². The molecule has 140 valence electrons. The molecule has 0 radical (unpaired) electrons. The van der Waals surface area contributed by atoms with E-state index in [9.17, 15) is 31.5 Å². The van der Waals surface area contributed by atoms with E-state index in [0.717, 1.165) is 17.0 Å². The number of nitrogens with one attached hydrogen (secondary N) is 1. The first-order chi connectivity index (χ1) is 12.0. The van der Waals surface area contributed by atoms with Crippen LogP contribution in [0, 0.1) is 11.6 Å². The van der Waals surface area contributed by atoms with E-state index in [0.29, 0.717) is 0 Å². The molecule has 1 aromatic carbocycles. The number of likely N-dealkylation sites (N-methyl/N-ethyl adjacent to an activating group) is 1. The summed E-state index contributed by atoms with van der Waals surface area (Å²) in [6.07, 6.45) is -4.93. The SMILES string of the molecule is CN(C)C(=O)C(=O)NCc1ccc(-c2noc(C(F)(F)F)n2)c(F)c1F. The van der Waals surface area contributed by atoms with Crippen molar-refractivity contribution in [3.05, 3.63) is 35.2 Å². The second-order valence-electron chi connectivity index (χ2n) is 5.20. The van der Waals surface area contributed by atoms with Crippen LogP contribution in [0.4, 0.5) is 22.0 Å². The summed E-state index contributed by atoms with van der Waals surface area (Å²) in [7, 11) is 2.66. The molecule has 0 aliphatic carbocycles. The fraction of sp³-hybridized carbons (Fsp3) is 0.286. The highest BCUT2D eigenvalue weighted by atomic mass is 19.4. The Morgan fingerprint density at radius 2 is 1.85 bits per heavy atom. The van der Waals surface area contributed by atoms with Crippen molar-refractivity contribution < 1.29 is 36.1 Å². The van der Waals surface area contributed by atoms with Gasteiger partial charge in [0.05, 0.1) is 5.56 Å². The molecule has 0 aliphatic rings. The van der Waals surface area contributed by atoms with Crippen LogP contribution in [0.25, 0.3) is 11.4 Å². The van der Waals surface area contributed by atoms with Crippen LogP contribution in [0.15, 0.2) is 16.7 Å². The number of hydrogen-bond acceptors (Lipinski definition) is 5. The lowest BCUT2D eigenvalue weighted by atomic mass is 10.1. The van der Waals surface area contributed by atoms with Gasteiger partial charge in [-0.3, -0.25) is 9.59 Å². The summed E-state index contributed by atoms with van der Waals surface area (Å²) in [5, 5.41) is 5.06. The maximum absolute atomic E-state index is 14.1. The highest BCUT2D eigenvalue weighted by Gasteiger charge is 2.39. The van der Waals surface area contributed by atoms with Gasteiger partial charge in [-0.25, -0.2) is 8.78 Å². The van der Waals surface area contributed by atoms with Crippen LogP contribution in [-0.2, 0) is 22.3 Å². The van der Waals surface area contributed by atoms with Crippen molar-refractivity contribution in [3.63, 3.8) is 0 Å². The van der Waals surface area contributed by atoms with E-state index < -0.39 is 53.4 Å². The van der Waals surface area contributed by atoms with Crippen molar-refractivity contribution in [2.24, 2.45) is 0 Å². The van der Waals surface area contributed by atoms with E-state index >= 15 is 0 Å². The Morgan fingerprint density at radius 1 is 1.19 bits per heavy atom. The van der Waals surface area contributed by atoms with E-state index in [1.807, 2.05) is 0 Å². The number of halogens is 5. The second-order valence-corrected chi connectivity index (χ2v) is 5.20. The second kappa shape index (κ2) is 7.06. The highest BCUT2D eigenvalue weighted by Crippen LogP contribution is 2.30. The molecule has 0 aliphatic heterocycles. The smallest absolute Gasteiger partial charge is 0.344 e. The predicted octanol–water partition coefficient (Wildman–Crippen LogP) is 1.74. The van der Waals surface area contributed by atoms with Crippen molar-refractivity contribution in [1.29, 1.82) is 0 Å². The molecule has 12 heteroatoms. The normalized spacial score (nSPS) is 11.3. The number of carbonyl (C=O) groups excluding carboxylic acids is 2. The number of aromatic nitrogens is 2. The number of nitrogens with zero attached hydrogens (tertiary/aromatic N) is 3. The van der Waals surface area contributed by atoms with E-state index in [2.05, 4.69) is 20.0 Å². The molecule has 2 aromatic rings. The molecule has 0 spiro atoms. The van der Waals surface area contributed by atoms with Gasteiger partial charge in [0, 0.05) is 26.2 Å². The minimum atomic E-state index is -4.93. The van der Waals surface area contributed by atoms with Gasteiger partial charge >= 0.3 is 23.9 Å². The van der Waals surface area contributed by atoms with Gasteiger partial charge in [0.2, 0.25) is 5.82 Å². The molecule has 26 heavy (non-hydrogen) atoms. The van der Waals surface area contributed by atoms with Crippen LogP contribution in [0.5, 0.6) is 0 Å². The fourth-order valence-electron chi connectivity index (χ4n) is 1.80. The largest absolute Gasteiger partial charge is 0.471 e. The summed E-state index contributed by atoms with van der Waals surface area (Å²) in [6, 6.07) is 1.94. The lowest BCUT2D eigenvalue weighted by molar-refractivity contribution is -0.159. The molecular weight excluding hydrogens is 367 g/mol. The van der Waals surface area contributed by atoms with Crippen LogP contribution in [0.1, 0.15) is 11.5 Å². The van der Waals surface area contributed by atoms with E-state index in [-0.39, 0.29) is 5.56 Å². The lowest BCUT2D eigenvalue weighted by Crippen LogP contribution is -2.38. The molecule has 0 bridgehead atoms. The first-order valence-corrected chi connectivity index (χ1v) is 6.90. The van der Waals surface area contributed by atoms with Gasteiger partial charge in [-0.1, -0.05) is 11.2 Å². The van der Waals surface area contributed by atoms with Gasteiger partial charge in [0.1, 0.15) is 0 Å². The minimum absolute atomic E-state index is 0.328. The Bertz CT molecular complexity index is 848. The van der Waals surface area contributed by atoms with E-state index in [1.165, 1.54) is 14.1 Å². The van der Waals surface area contributed by atoms with Gasteiger partial charge in [0.25, 0.3) is 0 Å². The average molecular weight is 378 g/mol. The molecule has 0 saturated carbocycles. The molecule has 1 heterocycles. The maximum Gasteiger partial charge on any atom is 0.471 e. The minimum Gasteiger partial charge on any atom is -0.344 e. The predicted molar refractivity (Wildman–Crippen MR) is 75.2 cm³/mol. The third-order valence-corrected chi connectivity index (χ3v) is 3.11. The third kappa shape index (κ3) is 3.95. The Hall–Kier alpha value is -3.05. The Balaban J connectivity index is 2.22. The molecule has 7 nitrogen and oxygen atoms in total. The number of benzene rings is 1. The van der Waals surface area contributed by atoms with Crippen molar-refractivity contribution in [1.82, 2.24) is 20.4 Å². The molecule has 1 N–H and O–H groups in total. The topological polar surface area (TPSA) is 88.3 Å². The standard InChI is InChI=1S/C14H11F5N4O3/c1-23(2)12(25)11(24)20-5-6-3-4-7(9(16)8(6)15)10-21-13(26-22-10)14(17,18)19/h3-4H,5H2,1-2H3,(H,20,24). The average Bonchev–Trinajstić information content (AvgIpc) is 3.05. The molecule has 0 atom stereocenters. The van der Waals surface area contributed by atoms with Crippen LogP contribution >= 0.6 is 0 Å². The zero-order valence-electron chi connectivity index (χ0n) is 13.3. The monoisotopic (exact) mass is 378 g/mol. The number of carbonyl (C=O) groups is 2. The zero-order valence-corrected chi connectivity index (χ0v) is 13.3. The van der Waals surface area contributed by atoms with E-state index in [1.54, 1.807) is 0 Å². The summed E-state index contributed by atoms with van der Waals surface area (Å²) in [5.74, 6) is -7.37. The Kier molecular flexibility index (Phi) is 5.23. The number of hydrogen-bond donors (Lipinski definition) is 1. The van der Waals surface area contributed by atoms with Gasteiger partial charge in [-0.15, -0.1) is 0 Å². The highest BCUT2D eigenvalue weighted by molar-refractivity contribution is 6.34. The van der Waals surface area contributed by atoms with Crippen LogP contribution in [-0.4, -0.2) is 41.0 Å². The fourth-order valence-corrected chi connectivity index (χ4v) is 1.80. The molecule has 0 fully saturated rings. The Morgan fingerprint density at radius 3 is 2.38 bits per heavy atom. The summed E-state index contributed by atoms with van der Waals surface area (Å²) >= 11 is 0.